The van der Waals surface area contributed by atoms with Gasteiger partial charge in [-0.15, -0.1) is 0 Å². The third kappa shape index (κ3) is 12.7. The molecule has 0 saturated carbocycles. The van der Waals surface area contributed by atoms with Gasteiger partial charge in [-0.2, -0.15) is 0 Å². The van der Waals surface area contributed by atoms with Crippen molar-refractivity contribution in [2.24, 2.45) is 0 Å². The molecule has 21 heavy (non-hydrogen) atoms. The number of likely N-dealkylation sites (N-methyl/N-ethyl adjacent to an activating group) is 1. The lowest BCUT2D eigenvalue weighted by atomic mass is 10.4. The van der Waals surface area contributed by atoms with E-state index < -0.39 is 5.97 Å². The number of hydrogen-bond acceptors (Lipinski definition) is 5. The first-order valence-electron chi connectivity index (χ1n) is 7.72. The highest BCUT2D eigenvalue weighted by Gasteiger charge is 2.25. The predicted molar refractivity (Wildman–Crippen MR) is 78.8 cm³/mol. The average Bonchev–Trinajstić information content (AvgIpc) is 2.86. The molecule has 1 fully saturated rings. The largest absolute Gasteiger partial charge is 0.550 e. The number of carbonyl (C=O) groups is 1. The Bertz CT molecular complexity index is 254. The summed E-state index contributed by atoms with van der Waals surface area (Å²) in [7, 11) is 3.90. The van der Waals surface area contributed by atoms with Crippen LogP contribution in [0.3, 0.4) is 0 Å². The molecule has 0 spiro atoms. The normalized spacial score (nSPS) is 16.3. The van der Waals surface area contributed by atoms with Crippen LogP contribution in [0.25, 0.3) is 0 Å². The van der Waals surface area contributed by atoms with Crippen molar-refractivity contribution >= 4 is 5.97 Å². The first-order chi connectivity index (χ1) is 10.0. The van der Waals surface area contributed by atoms with E-state index in [0.717, 1.165) is 13.2 Å². The molecule has 0 aromatic rings. The van der Waals surface area contributed by atoms with Gasteiger partial charge in [0.25, 0.3) is 0 Å². The van der Waals surface area contributed by atoms with Gasteiger partial charge in [0.1, 0.15) is 6.54 Å². The first-order valence-corrected chi connectivity index (χ1v) is 7.72. The molecule has 1 aliphatic rings. The predicted octanol–water partition coefficient (Wildman–Crippen LogP) is 0.0527. The van der Waals surface area contributed by atoms with Gasteiger partial charge in [0.2, 0.25) is 0 Å². The number of rotatable bonds is 10. The molecule has 1 heterocycles. The number of nitrogens with zero attached hydrogens (tertiary/aromatic N) is 1. The van der Waals surface area contributed by atoms with Crippen molar-refractivity contribution in [1.29, 1.82) is 0 Å². The molecule has 1 saturated heterocycles. The lowest BCUT2D eigenvalue weighted by Crippen LogP contribution is -2.43. The molecule has 126 valence electrons. The monoisotopic (exact) mass is 305 g/mol. The molecule has 0 atom stereocenters. The Kier molecular flexibility index (Phi) is 12.6. The maximum Gasteiger partial charge on any atom is 0.102 e. The van der Waals surface area contributed by atoms with Crippen molar-refractivity contribution in [2.45, 2.75) is 26.2 Å². The fraction of sp³-hybridized carbons (Fsp3) is 0.933. The van der Waals surface area contributed by atoms with Gasteiger partial charge in [-0.3, -0.25) is 0 Å². The number of aliphatic carboxylic acids is 1. The maximum atomic E-state index is 9.81. The quantitative estimate of drug-likeness (QED) is 0.421. The van der Waals surface area contributed by atoms with Gasteiger partial charge < -0.3 is 28.6 Å². The summed E-state index contributed by atoms with van der Waals surface area (Å²) in [5.41, 5.74) is 0. The molecule has 0 aromatic heterocycles. The zero-order valence-electron chi connectivity index (χ0n) is 13.8. The summed E-state index contributed by atoms with van der Waals surface area (Å²) < 4.78 is 16.1. The summed E-state index contributed by atoms with van der Waals surface area (Å²) in [5.74, 6) is -1.09. The van der Waals surface area contributed by atoms with Crippen LogP contribution in [0.1, 0.15) is 26.2 Å². The van der Waals surface area contributed by atoms with Crippen LogP contribution in [0.5, 0.6) is 0 Å². The van der Waals surface area contributed by atoms with Gasteiger partial charge in [-0.1, -0.05) is 0 Å². The van der Waals surface area contributed by atoms with E-state index in [-0.39, 0.29) is 13.0 Å². The molecule has 6 heteroatoms. The Balaban J connectivity index is 0.000000384. The van der Waals surface area contributed by atoms with Crippen molar-refractivity contribution in [3.63, 3.8) is 0 Å². The van der Waals surface area contributed by atoms with Gasteiger partial charge in [0, 0.05) is 38.9 Å². The molecule has 1 aliphatic heterocycles. The van der Waals surface area contributed by atoms with Crippen LogP contribution in [0.4, 0.5) is 0 Å². The Hall–Kier alpha value is -0.690. The highest BCUT2D eigenvalue weighted by Crippen LogP contribution is 2.15. The second-order valence-electron chi connectivity index (χ2n) is 5.42. The minimum Gasteiger partial charge on any atom is -0.550 e. The van der Waals surface area contributed by atoms with Gasteiger partial charge in [0.05, 0.1) is 46.6 Å². The Morgan fingerprint density at radius 1 is 1.10 bits per heavy atom. The van der Waals surface area contributed by atoms with E-state index in [4.69, 9.17) is 9.47 Å². The van der Waals surface area contributed by atoms with Crippen LogP contribution < -0.4 is 5.11 Å². The minimum absolute atomic E-state index is 0.0519. The second kappa shape index (κ2) is 13.0. The number of hydrogen-bond donors (Lipinski definition) is 0. The third-order valence-corrected chi connectivity index (χ3v) is 3.51. The molecule has 0 N–H and O–H groups in total. The molecular formula is C15H31NO5. The zero-order chi connectivity index (χ0) is 16.0. The Morgan fingerprint density at radius 3 is 2.29 bits per heavy atom. The molecule has 0 amide bonds. The smallest absolute Gasteiger partial charge is 0.102 e. The number of carbonyl (C=O) groups excluding carboxylic acids is 1. The number of ether oxygens (including phenoxy) is 3. The number of likely N-dealkylation sites (tertiary alicyclic amines) is 1. The second-order valence-corrected chi connectivity index (χ2v) is 5.42. The van der Waals surface area contributed by atoms with Gasteiger partial charge in [0.15, 0.2) is 0 Å². The molecule has 1 rings (SSSR count). The summed E-state index contributed by atoms with van der Waals surface area (Å²) in [6, 6.07) is 0. The Morgan fingerprint density at radius 2 is 1.76 bits per heavy atom. The lowest BCUT2D eigenvalue weighted by molar-refractivity contribution is -0.898. The number of quaternary nitrogens is 1. The van der Waals surface area contributed by atoms with E-state index in [1.54, 1.807) is 7.11 Å². The average molecular weight is 305 g/mol. The van der Waals surface area contributed by atoms with E-state index in [1.165, 1.54) is 37.0 Å². The maximum absolute atomic E-state index is 9.81. The van der Waals surface area contributed by atoms with Crippen LogP contribution in [-0.2, 0) is 19.0 Å². The van der Waals surface area contributed by atoms with Crippen molar-refractivity contribution in [2.75, 3.05) is 66.8 Å². The topological polar surface area (TPSA) is 67.8 Å². The molecule has 0 unspecified atom stereocenters. The van der Waals surface area contributed by atoms with E-state index >= 15 is 0 Å². The van der Waals surface area contributed by atoms with Crippen LogP contribution in [0.2, 0.25) is 0 Å². The van der Waals surface area contributed by atoms with Crippen LogP contribution in [0, 0.1) is 0 Å². The fourth-order valence-electron chi connectivity index (χ4n) is 2.15. The molecule has 0 bridgehead atoms. The fourth-order valence-corrected chi connectivity index (χ4v) is 2.15. The van der Waals surface area contributed by atoms with Crippen LogP contribution >= 0.6 is 0 Å². The molecule has 0 aliphatic carbocycles. The number of carboxylic acid groups (broad SMARTS) is 1. The zero-order valence-corrected chi connectivity index (χ0v) is 13.8. The van der Waals surface area contributed by atoms with Crippen molar-refractivity contribution < 1.29 is 28.6 Å². The van der Waals surface area contributed by atoms with E-state index in [1.807, 2.05) is 0 Å². The van der Waals surface area contributed by atoms with Crippen LogP contribution in [0.15, 0.2) is 0 Å². The first kappa shape index (κ1) is 20.3. The van der Waals surface area contributed by atoms with Crippen molar-refractivity contribution in [1.82, 2.24) is 0 Å². The number of carboxylic acids is 1. The summed E-state index contributed by atoms with van der Waals surface area (Å²) >= 11 is 0. The van der Waals surface area contributed by atoms with Gasteiger partial charge in [-0.05, 0) is 6.92 Å². The molecule has 6 nitrogen and oxygen atoms in total. The van der Waals surface area contributed by atoms with Crippen LogP contribution in [-0.4, -0.2) is 77.3 Å². The van der Waals surface area contributed by atoms with E-state index in [0.29, 0.717) is 13.2 Å². The van der Waals surface area contributed by atoms with Crippen molar-refractivity contribution in [3.8, 4) is 0 Å². The summed E-state index contributed by atoms with van der Waals surface area (Å²) in [4.78, 5) is 9.81. The van der Waals surface area contributed by atoms with Gasteiger partial charge in [-0.25, -0.2) is 0 Å². The highest BCUT2D eigenvalue weighted by atomic mass is 16.5. The molecular weight excluding hydrogens is 274 g/mol. The third-order valence-electron chi connectivity index (χ3n) is 3.51. The van der Waals surface area contributed by atoms with E-state index in [2.05, 4.69) is 18.7 Å². The minimum atomic E-state index is -1.09. The number of methoxy groups -OCH3 is 1. The SMILES string of the molecule is CCOCC[N+]1(C)CCCC1.COCCOCCC(=O)[O-]. The van der Waals surface area contributed by atoms with Crippen molar-refractivity contribution in [3.05, 3.63) is 0 Å². The summed E-state index contributed by atoms with van der Waals surface area (Å²) in [5, 5.41) is 9.81. The molecule has 0 radical (unpaired) electrons. The lowest BCUT2D eigenvalue weighted by Gasteiger charge is -2.28. The summed E-state index contributed by atoms with van der Waals surface area (Å²) in [6.45, 7) is 8.90. The Labute approximate surface area is 128 Å². The standard InChI is InChI=1S/C9H20NO.C6H12O4/c1-3-11-9-8-10(2)6-4-5-7-10;1-9-4-5-10-3-2-6(7)8/h3-9H2,1-2H3;2-5H2,1H3,(H,7,8)/q+1;/p-1. The summed E-state index contributed by atoms with van der Waals surface area (Å²) in [6.07, 6.45) is 2.76. The molecule has 0 aromatic carbocycles. The van der Waals surface area contributed by atoms with Gasteiger partial charge >= 0.3 is 0 Å². The van der Waals surface area contributed by atoms with E-state index in [9.17, 15) is 9.90 Å². The highest BCUT2D eigenvalue weighted by molar-refractivity contribution is 5.64.